The van der Waals surface area contributed by atoms with Crippen LogP contribution in [-0.2, 0) is 4.79 Å². The summed E-state index contributed by atoms with van der Waals surface area (Å²) >= 11 is 0. The van der Waals surface area contributed by atoms with Crippen LogP contribution < -0.4 is 5.32 Å². The van der Waals surface area contributed by atoms with E-state index in [9.17, 15) is 9.59 Å². The van der Waals surface area contributed by atoms with Crippen molar-refractivity contribution >= 4 is 11.8 Å². The molecular formula is C17H19N3O2. The highest BCUT2D eigenvalue weighted by molar-refractivity contribution is 5.92. The Morgan fingerprint density at radius 3 is 2.73 bits per heavy atom. The molecule has 0 bridgehead atoms. The molecule has 2 aromatic rings. The van der Waals surface area contributed by atoms with E-state index >= 15 is 0 Å². The number of H-pyrrole nitrogens is 1. The maximum Gasteiger partial charge on any atom is 0.267 e. The van der Waals surface area contributed by atoms with E-state index in [0.717, 1.165) is 5.56 Å². The van der Waals surface area contributed by atoms with Crippen LogP contribution in [-0.4, -0.2) is 35.3 Å². The Kier molecular flexibility index (Phi) is 3.96. The molecule has 0 spiro atoms. The van der Waals surface area contributed by atoms with E-state index in [1.165, 1.54) is 0 Å². The lowest BCUT2D eigenvalue weighted by Gasteiger charge is -2.25. The van der Waals surface area contributed by atoms with Gasteiger partial charge in [-0.3, -0.25) is 9.59 Å². The van der Waals surface area contributed by atoms with E-state index in [1.54, 1.807) is 23.2 Å². The molecule has 22 heavy (non-hydrogen) atoms. The fourth-order valence-corrected chi connectivity index (χ4v) is 3.07. The van der Waals surface area contributed by atoms with Crippen LogP contribution in [0.4, 0.5) is 0 Å². The molecule has 0 aliphatic carbocycles. The summed E-state index contributed by atoms with van der Waals surface area (Å²) in [5, 5.41) is 2.92. The lowest BCUT2D eigenvalue weighted by molar-refractivity contribution is -0.127. The van der Waals surface area contributed by atoms with Gasteiger partial charge < -0.3 is 15.2 Å². The van der Waals surface area contributed by atoms with Crippen LogP contribution in [0.3, 0.4) is 0 Å². The van der Waals surface area contributed by atoms with Crippen LogP contribution in [0, 0.1) is 5.92 Å². The zero-order chi connectivity index (χ0) is 15.5. The lowest BCUT2D eigenvalue weighted by atomic mass is 9.93. The average molecular weight is 297 g/mol. The van der Waals surface area contributed by atoms with Crippen LogP contribution in [0.25, 0.3) is 0 Å². The number of aromatic amines is 1. The van der Waals surface area contributed by atoms with Crippen LogP contribution in [0.2, 0.25) is 0 Å². The van der Waals surface area contributed by atoms with Crippen molar-refractivity contribution in [2.24, 2.45) is 5.92 Å². The Hall–Kier alpha value is -2.56. The van der Waals surface area contributed by atoms with Crippen LogP contribution >= 0.6 is 0 Å². The molecule has 2 N–H and O–H groups in total. The van der Waals surface area contributed by atoms with E-state index in [4.69, 9.17) is 0 Å². The summed E-state index contributed by atoms with van der Waals surface area (Å²) in [7, 11) is 1.83. The first-order valence-corrected chi connectivity index (χ1v) is 7.39. The van der Waals surface area contributed by atoms with Gasteiger partial charge >= 0.3 is 0 Å². The van der Waals surface area contributed by atoms with E-state index < -0.39 is 0 Å². The van der Waals surface area contributed by atoms with E-state index in [0.29, 0.717) is 18.7 Å². The first-order chi connectivity index (χ1) is 10.7. The number of nitrogens with zero attached hydrogens (tertiary/aromatic N) is 1. The summed E-state index contributed by atoms with van der Waals surface area (Å²) in [6.45, 7) is 0.480. The Balaban J connectivity index is 1.71. The Morgan fingerprint density at radius 2 is 2.05 bits per heavy atom. The summed E-state index contributed by atoms with van der Waals surface area (Å²) < 4.78 is 0. The number of rotatable bonds is 4. The molecular weight excluding hydrogens is 278 g/mol. The van der Waals surface area contributed by atoms with Crippen molar-refractivity contribution in [1.29, 1.82) is 0 Å². The Labute approximate surface area is 129 Å². The van der Waals surface area contributed by atoms with Gasteiger partial charge in [-0.2, -0.15) is 0 Å². The molecule has 1 saturated heterocycles. The zero-order valence-corrected chi connectivity index (χ0v) is 12.5. The van der Waals surface area contributed by atoms with Crippen molar-refractivity contribution in [3.63, 3.8) is 0 Å². The largest absolute Gasteiger partial charge is 0.357 e. The first kappa shape index (κ1) is 14.4. The SMILES string of the molecule is CN1C(=O)C[C@H](CNC(=O)c2ccc[nH]2)[C@H]1c1ccccc1. The lowest BCUT2D eigenvalue weighted by Crippen LogP contribution is -2.32. The number of amides is 2. The molecule has 1 aliphatic rings. The second-order valence-electron chi connectivity index (χ2n) is 5.62. The molecule has 3 rings (SSSR count). The number of aromatic nitrogens is 1. The Morgan fingerprint density at radius 1 is 1.27 bits per heavy atom. The van der Waals surface area contributed by atoms with Gasteiger partial charge in [0, 0.05) is 32.1 Å². The van der Waals surface area contributed by atoms with Gasteiger partial charge in [0.15, 0.2) is 0 Å². The number of likely N-dealkylation sites (tertiary alicyclic amines) is 1. The minimum atomic E-state index is -0.140. The highest BCUT2D eigenvalue weighted by atomic mass is 16.2. The fourth-order valence-electron chi connectivity index (χ4n) is 3.07. The van der Waals surface area contributed by atoms with Crippen molar-refractivity contribution in [1.82, 2.24) is 15.2 Å². The molecule has 5 nitrogen and oxygen atoms in total. The third-order valence-corrected chi connectivity index (χ3v) is 4.20. The van der Waals surface area contributed by atoms with E-state index in [1.807, 2.05) is 37.4 Å². The molecule has 114 valence electrons. The molecule has 2 amide bonds. The van der Waals surface area contributed by atoms with Gasteiger partial charge in [-0.15, -0.1) is 0 Å². The van der Waals surface area contributed by atoms with Crippen LogP contribution in [0.15, 0.2) is 48.7 Å². The molecule has 0 unspecified atom stereocenters. The van der Waals surface area contributed by atoms with E-state index in [2.05, 4.69) is 10.3 Å². The first-order valence-electron chi connectivity index (χ1n) is 7.39. The van der Waals surface area contributed by atoms with Crippen molar-refractivity contribution in [3.8, 4) is 0 Å². The molecule has 1 aromatic carbocycles. The second kappa shape index (κ2) is 6.05. The molecule has 1 aromatic heterocycles. The number of hydrogen-bond acceptors (Lipinski definition) is 2. The predicted octanol–water partition coefficient (Wildman–Crippen LogP) is 1.96. The number of carbonyl (C=O) groups is 2. The maximum absolute atomic E-state index is 12.0. The summed E-state index contributed by atoms with van der Waals surface area (Å²) in [4.78, 5) is 28.7. The molecule has 5 heteroatoms. The van der Waals surface area contributed by atoms with Crippen molar-refractivity contribution < 1.29 is 9.59 Å². The standard InChI is InChI=1S/C17H19N3O2/c1-20-15(21)10-13(16(20)12-6-3-2-4-7-12)11-19-17(22)14-8-5-9-18-14/h2-9,13,16,18H,10-11H2,1H3,(H,19,22)/t13-,16-/m1/s1. The van der Waals surface area contributed by atoms with Gasteiger partial charge in [0.25, 0.3) is 5.91 Å². The molecule has 1 aliphatic heterocycles. The summed E-state index contributed by atoms with van der Waals surface area (Å²) in [6, 6.07) is 13.5. The molecule has 0 radical (unpaired) electrons. The Bertz CT molecular complexity index is 652. The van der Waals surface area contributed by atoms with Gasteiger partial charge in [-0.25, -0.2) is 0 Å². The van der Waals surface area contributed by atoms with Crippen LogP contribution in [0.5, 0.6) is 0 Å². The summed E-state index contributed by atoms with van der Waals surface area (Å²) in [6.07, 6.45) is 2.18. The molecule has 2 atom stereocenters. The quantitative estimate of drug-likeness (QED) is 0.906. The minimum Gasteiger partial charge on any atom is -0.357 e. The maximum atomic E-state index is 12.0. The van der Waals surface area contributed by atoms with Gasteiger partial charge in [0.1, 0.15) is 5.69 Å². The monoisotopic (exact) mass is 297 g/mol. The number of carbonyl (C=O) groups excluding carboxylic acids is 2. The van der Waals surface area contributed by atoms with Crippen molar-refractivity contribution in [2.45, 2.75) is 12.5 Å². The summed E-state index contributed by atoms with van der Waals surface area (Å²) in [5.41, 5.74) is 1.64. The van der Waals surface area contributed by atoms with Crippen LogP contribution in [0.1, 0.15) is 28.5 Å². The third-order valence-electron chi connectivity index (χ3n) is 4.20. The topological polar surface area (TPSA) is 65.2 Å². The normalized spacial score (nSPS) is 21.1. The van der Waals surface area contributed by atoms with Gasteiger partial charge in [0.05, 0.1) is 6.04 Å². The third kappa shape index (κ3) is 2.74. The molecule has 1 fully saturated rings. The number of nitrogens with one attached hydrogen (secondary N) is 2. The number of hydrogen-bond donors (Lipinski definition) is 2. The predicted molar refractivity (Wildman–Crippen MR) is 83.2 cm³/mol. The highest BCUT2D eigenvalue weighted by Crippen LogP contribution is 2.36. The van der Waals surface area contributed by atoms with Gasteiger partial charge in [0.2, 0.25) is 5.91 Å². The smallest absolute Gasteiger partial charge is 0.267 e. The zero-order valence-electron chi connectivity index (χ0n) is 12.5. The van der Waals surface area contributed by atoms with Crippen molar-refractivity contribution in [3.05, 3.63) is 59.9 Å². The minimum absolute atomic E-state index is 0.0117. The second-order valence-corrected chi connectivity index (χ2v) is 5.62. The summed E-state index contributed by atoms with van der Waals surface area (Å²) in [5.74, 6) is 0.0607. The highest BCUT2D eigenvalue weighted by Gasteiger charge is 2.38. The fraction of sp³-hybridized carbons (Fsp3) is 0.294. The van der Waals surface area contributed by atoms with Gasteiger partial charge in [-0.05, 0) is 17.7 Å². The van der Waals surface area contributed by atoms with Crippen molar-refractivity contribution in [2.75, 3.05) is 13.6 Å². The van der Waals surface area contributed by atoms with E-state index in [-0.39, 0.29) is 23.8 Å². The van der Waals surface area contributed by atoms with Gasteiger partial charge in [-0.1, -0.05) is 30.3 Å². The number of benzene rings is 1. The average Bonchev–Trinajstić information content (AvgIpc) is 3.15. The molecule has 2 heterocycles. The molecule has 0 saturated carbocycles.